The topological polar surface area (TPSA) is 91.0 Å². The standard InChI is InChI=1S/C17H24N4O4/c1-3-25-17(24)21-10-8-20(9-11-21)12-15(22)19-14-6-4-13(5-7-14)16(23)18-2/h4-7H,3,8-12H2,1-2H3,(H,18,23)(H,19,22). The van der Waals surface area contributed by atoms with Gasteiger partial charge >= 0.3 is 6.09 Å². The Hall–Kier alpha value is -2.61. The summed E-state index contributed by atoms with van der Waals surface area (Å²) in [6, 6.07) is 6.71. The molecule has 1 aliphatic rings. The Balaban J connectivity index is 1.77. The zero-order chi connectivity index (χ0) is 18.2. The Morgan fingerprint density at radius 2 is 1.72 bits per heavy atom. The van der Waals surface area contributed by atoms with Gasteiger partial charge in [0.25, 0.3) is 5.91 Å². The highest BCUT2D eigenvalue weighted by Crippen LogP contribution is 2.10. The van der Waals surface area contributed by atoms with Crippen molar-refractivity contribution in [3.05, 3.63) is 29.8 Å². The Labute approximate surface area is 147 Å². The zero-order valence-electron chi connectivity index (χ0n) is 14.6. The number of piperazine rings is 1. The van der Waals surface area contributed by atoms with Crippen LogP contribution in [0.4, 0.5) is 10.5 Å². The molecule has 1 heterocycles. The van der Waals surface area contributed by atoms with Crippen molar-refractivity contribution in [3.8, 4) is 0 Å². The van der Waals surface area contributed by atoms with Crippen LogP contribution in [-0.4, -0.2) is 74.1 Å². The molecule has 1 aromatic carbocycles. The first-order chi connectivity index (χ1) is 12.0. The molecule has 0 atom stereocenters. The minimum Gasteiger partial charge on any atom is -0.450 e. The van der Waals surface area contributed by atoms with Gasteiger partial charge in [-0.15, -0.1) is 0 Å². The summed E-state index contributed by atoms with van der Waals surface area (Å²) < 4.78 is 4.97. The molecule has 0 bridgehead atoms. The van der Waals surface area contributed by atoms with E-state index in [1.165, 1.54) is 0 Å². The minimum absolute atomic E-state index is 0.128. The number of ether oxygens (including phenoxy) is 1. The largest absolute Gasteiger partial charge is 0.450 e. The van der Waals surface area contributed by atoms with Gasteiger partial charge in [0.05, 0.1) is 13.2 Å². The van der Waals surface area contributed by atoms with E-state index in [-0.39, 0.29) is 24.5 Å². The van der Waals surface area contributed by atoms with E-state index in [4.69, 9.17) is 4.74 Å². The van der Waals surface area contributed by atoms with Crippen LogP contribution in [0.25, 0.3) is 0 Å². The van der Waals surface area contributed by atoms with Crippen molar-refractivity contribution < 1.29 is 19.1 Å². The van der Waals surface area contributed by atoms with E-state index in [1.807, 2.05) is 4.90 Å². The summed E-state index contributed by atoms with van der Waals surface area (Å²) in [6.45, 7) is 4.75. The Morgan fingerprint density at radius 1 is 1.08 bits per heavy atom. The number of nitrogens with one attached hydrogen (secondary N) is 2. The highest BCUT2D eigenvalue weighted by atomic mass is 16.6. The van der Waals surface area contributed by atoms with E-state index >= 15 is 0 Å². The number of amides is 3. The third-order valence-electron chi connectivity index (χ3n) is 3.92. The number of hydrogen-bond donors (Lipinski definition) is 2. The maximum atomic E-state index is 12.1. The van der Waals surface area contributed by atoms with Crippen LogP contribution in [0.2, 0.25) is 0 Å². The lowest BCUT2D eigenvalue weighted by Crippen LogP contribution is -2.50. The lowest BCUT2D eigenvalue weighted by atomic mass is 10.2. The molecule has 0 aliphatic carbocycles. The van der Waals surface area contributed by atoms with Crippen LogP contribution < -0.4 is 10.6 Å². The van der Waals surface area contributed by atoms with Crippen molar-refractivity contribution in [2.24, 2.45) is 0 Å². The van der Waals surface area contributed by atoms with Crippen molar-refractivity contribution in [3.63, 3.8) is 0 Å². The lowest BCUT2D eigenvalue weighted by molar-refractivity contribution is -0.117. The van der Waals surface area contributed by atoms with Crippen LogP contribution >= 0.6 is 0 Å². The second-order valence-corrected chi connectivity index (χ2v) is 5.67. The van der Waals surface area contributed by atoms with E-state index < -0.39 is 0 Å². The van der Waals surface area contributed by atoms with Crippen LogP contribution in [-0.2, 0) is 9.53 Å². The summed E-state index contributed by atoms with van der Waals surface area (Å²) in [5.41, 5.74) is 1.18. The summed E-state index contributed by atoms with van der Waals surface area (Å²) in [7, 11) is 1.57. The van der Waals surface area contributed by atoms with Crippen LogP contribution in [0.1, 0.15) is 17.3 Å². The molecule has 0 aromatic heterocycles. The summed E-state index contributed by atoms with van der Waals surface area (Å²) >= 11 is 0. The maximum absolute atomic E-state index is 12.1. The van der Waals surface area contributed by atoms with Crippen molar-refractivity contribution in [2.45, 2.75) is 6.92 Å². The quantitative estimate of drug-likeness (QED) is 0.820. The molecular formula is C17H24N4O4. The minimum atomic E-state index is -0.303. The fraction of sp³-hybridized carbons (Fsp3) is 0.471. The Kier molecular flexibility index (Phi) is 6.76. The number of rotatable bonds is 5. The van der Waals surface area contributed by atoms with Crippen LogP contribution in [0.5, 0.6) is 0 Å². The molecule has 1 aromatic rings. The molecule has 1 fully saturated rings. The van der Waals surface area contributed by atoms with Gasteiger partial charge in [0.2, 0.25) is 5.91 Å². The van der Waals surface area contributed by atoms with E-state index in [0.29, 0.717) is 44.0 Å². The first-order valence-electron chi connectivity index (χ1n) is 8.29. The summed E-state index contributed by atoms with van der Waals surface area (Å²) in [6.07, 6.45) is -0.303. The zero-order valence-corrected chi connectivity index (χ0v) is 14.6. The van der Waals surface area contributed by atoms with E-state index in [2.05, 4.69) is 10.6 Å². The summed E-state index contributed by atoms with van der Waals surface area (Å²) in [5.74, 6) is -0.297. The average Bonchev–Trinajstić information content (AvgIpc) is 2.62. The van der Waals surface area contributed by atoms with Gasteiger partial charge in [-0.05, 0) is 31.2 Å². The molecule has 3 amide bonds. The second kappa shape index (κ2) is 9.03. The predicted molar refractivity (Wildman–Crippen MR) is 93.5 cm³/mol. The molecule has 25 heavy (non-hydrogen) atoms. The maximum Gasteiger partial charge on any atom is 0.409 e. The summed E-state index contributed by atoms with van der Waals surface area (Å²) in [5, 5.41) is 5.36. The molecule has 8 nitrogen and oxygen atoms in total. The van der Waals surface area contributed by atoms with Gasteiger partial charge in [-0.25, -0.2) is 4.79 Å². The molecule has 0 saturated carbocycles. The van der Waals surface area contributed by atoms with Crippen molar-refractivity contribution >= 4 is 23.6 Å². The smallest absolute Gasteiger partial charge is 0.409 e. The SMILES string of the molecule is CCOC(=O)N1CCN(CC(=O)Nc2ccc(C(=O)NC)cc2)CC1. The molecule has 2 rings (SSSR count). The number of carbonyl (C=O) groups is 3. The average molecular weight is 348 g/mol. The van der Waals surface area contributed by atoms with Gasteiger partial charge in [0, 0.05) is 44.5 Å². The van der Waals surface area contributed by atoms with E-state index in [0.717, 1.165) is 0 Å². The molecule has 2 N–H and O–H groups in total. The molecule has 1 saturated heterocycles. The van der Waals surface area contributed by atoms with Crippen LogP contribution in [0, 0.1) is 0 Å². The van der Waals surface area contributed by atoms with Gasteiger partial charge < -0.3 is 20.3 Å². The van der Waals surface area contributed by atoms with E-state index in [9.17, 15) is 14.4 Å². The third kappa shape index (κ3) is 5.46. The molecule has 1 aliphatic heterocycles. The number of carbonyl (C=O) groups excluding carboxylic acids is 3. The fourth-order valence-corrected chi connectivity index (χ4v) is 2.56. The predicted octanol–water partition coefficient (Wildman–Crippen LogP) is 0.759. The molecule has 0 unspecified atom stereocenters. The highest BCUT2D eigenvalue weighted by molar-refractivity contribution is 5.96. The Morgan fingerprint density at radius 3 is 2.28 bits per heavy atom. The van der Waals surface area contributed by atoms with Gasteiger partial charge in [-0.1, -0.05) is 0 Å². The van der Waals surface area contributed by atoms with Crippen molar-refractivity contribution in [1.29, 1.82) is 0 Å². The van der Waals surface area contributed by atoms with Crippen molar-refractivity contribution in [1.82, 2.24) is 15.1 Å². The number of hydrogen-bond acceptors (Lipinski definition) is 5. The molecule has 0 radical (unpaired) electrons. The number of nitrogens with zero attached hydrogens (tertiary/aromatic N) is 2. The summed E-state index contributed by atoms with van der Waals surface area (Å²) in [4.78, 5) is 38.9. The number of benzene rings is 1. The first kappa shape index (κ1) is 18.7. The van der Waals surface area contributed by atoms with Crippen LogP contribution in [0.3, 0.4) is 0 Å². The molecule has 0 spiro atoms. The van der Waals surface area contributed by atoms with Crippen LogP contribution in [0.15, 0.2) is 24.3 Å². The van der Waals surface area contributed by atoms with Gasteiger partial charge in [-0.3, -0.25) is 14.5 Å². The second-order valence-electron chi connectivity index (χ2n) is 5.67. The van der Waals surface area contributed by atoms with Crippen molar-refractivity contribution in [2.75, 3.05) is 51.7 Å². The molecule has 8 heteroatoms. The Bertz CT molecular complexity index is 610. The fourth-order valence-electron chi connectivity index (χ4n) is 2.56. The van der Waals surface area contributed by atoms with Gasteiger partial charge in [0.1, 0.15) is 0 Å². The third-order valence-corrected chi connectivity index (χ3v) is 3.92. The first-order valence-corrected chi connectivity index (χ1v) is 8.29. The molecular weight excluding hydrogens is 324 g/mol. The van der Waals surface area contributed by atoms with Gasteiger partial charge in [-0.2, -0.15) is 0 Å². The molecule has 136 valence electrons. The lowest BCUT2D eigenvalue weighted by Gasteiger charge is -2.33. The highest BCUT2D eigenvalue weighted by Gasteiger charge is 2.23. The van der Waals surface area contributed by atoms with E-state index in [1.54, 1.807) is 43.1 Å². The monoisotopic (exact) mass is 348 g/mol. The number of anilines is 1. The van der Waals surface area contributed by atoms with Gasteiger partial charge in [0.15, 0.2) is 0 Å². The normalized spacial score (nSPS) is 14.7.